The molecule has 2 saturated heterocycles. The largest absolute Gasteiger partial charge is 0.505 e. The number of aliphatic hydroxyl groups is 5. The van der Waals surface area contributed by atoms with Crippen LogP contribution >= 0.6 is 23.2 Å². The van der Waals surface area contributed by atoms with Crippen molar-refractivity contribution in [2.24, 2.45) is 17.8 Å². The molecule has 0 bridgehead atoms. The maximum absolute atomic E-state index is 13.9. The Morgan fingerprint density at radius 2 is 1.58 bits per heavy atom. The number of aromatic hydroxyl groups is 1. The second kappa shape index (κ2) is 26.0. The van der Waals surface area contributed by atoms with Gasteiger partial charge in [-0.05, 0) is 103 Å². The van der Waals surface area contributed by atoms with E-state index in [0.29, 0.717) is 28.7 Å². The molecule has 0 amide bonds. The van der Waals surface area contributed by atoms with Gasteiger partial charge in [-0.15, -0.1) is 0 Å². The molecule has 3 aliphatic rings. The van der Waals surface area contributed by atoms with Crippen molar-refractivity contribution in [1.29, 1.82) is 0 Å². The molecule has 14 unspecified atom stereocenters. The quantitative estimate of drug-likeness (QED) is 0.0677. The number of aliphatic hydroxyl groups excluding tert-OH is 5. The van der Waals surface area contributed by atoms with E-state index in [1.807, 2.05) is 32.9 Å². The van der Waals surface area contributed by atoms with Crippen LogP contribution in [-0.4, -0.2) is 134 Å². The molecular weight excluding hydrogens is 963 g/mol. The highest BCUT2D eigenvalue weighted by Crippen LogP contribution is 2.41. The van der Waals surface area contributed by atoms with E-state index < -0.39 is 115 Å². The van der Waals surface area contributed by atoms with E-state index in [0.717, 1.165) is 5.57 Å². The summed E-state index contributed by atoms with van der Waals surface area (Å²) >= 11 is 12.8. The van der Waals surface area contributed by atoms with Crippen molar-refractivity contribution in [3.8, 4) is 5.75 Å². The van der Waals surface area contributed by atoms with Crippen LogP contribution in [0.25, 0.3) is 0 Å². The topological polar surface area (TPSA) is 237 Å². The summed E-state index contributed by atoms with van der Waals surface area (Å²) in [5, 5.41) is 67.3. The van der Waals surface area contributed by atoms with Crippen molar-refractivity contribution in [1.82, 2.24) is 0 Å². The smallest absolute Gasteiger partial charge is 0.342 e. The molecular formula is C53H76Cl2O16. The van der Waals surface area contributed by atoms with Crippen LogP contribution in [0.15, 0.2) is 58.7 Å². The van der Waals surface area contributed by atoms with Crippen LogP contribution in [0.5, 0.6) is 5.75 Å². The highest BCUT2D eigenvalue weighted by atomic mass is 35.5. The van der Waals surface area contributed by atoms with Gasteiger partial charge in [0.2, 0.25) is 0 Å². The Kier molecular flexibility index (Phi) is 22.0. The monoisotopic (exact) mass is 1040 g/mol. The number of carbonyl (C=O) groups excluding carboxylic acids is 3. The maximum atomic E-state index is 13.9. The molecule has 2 fully saturated rings. The van der Waals surface area contributed by atoms with E-state index in [-0.39, 0.29) is 53.0 Å². The van der Waals surface area contributed by atoms with Gasteiger partial charge in [0.15, 0.2) is 24.8 Å². The summed E-state index contributed by atoms with van der Waals surface area (Å²) in [5.41, 5.74) is 1.31. The Morgan fingerprint density at radius 3 is 2.18 bits per heavy atom. The number of hydrogen-bond acceptors (Lipinski definition) is 16. The molecule has 398 valence electrons. The molecule has 0 aliphatic carbocycles. The van der Waals surface area contributed by atoms with Crippen LogP contribution in [0.3, 0.4) is 0 Å². The van der Waals surface area contributed by atoms with E-state index in [4.69, 9.17) is 56.4 Å². The fourth-order valence-electron chi connectivity index (χ4n) is 8.64. The number of cyclic esters (lactones) is 1. The molecule has 0 spiro atoms. The van der Waals surface area contributed by atoms with Crippen molar-refractivity contribution < 1.29 is 78.2 Å². The number of phenolic OH excluding ortho intramolecular Hbond substituents is 1. The number of allylic oxidation sites excluding steroid dienone is 4. The zero-order valence-corrected chi connectivity index (χ0v) is 44.7. The molecule has 3 heterocycles. The first kappa shape index (κ1) is 59.9. The molecule has 0 aromatic heterocycles. The lowest BCUT2D eigenvalue weighted by Gasteiger charge is -2.47. The average molecular weight is 1040 g/mol. The third-order valence-electron chi connectivity index (χ3n) is 13.3. The molecule has 0 radical (unpaired) electrons. The molecule has 3 aliphatic heterocycles. The standard InChI is InChI=1S/C53H76Cl2O16/c1-14-33-23-27(6)36(57)19-17-16-18-34(24-65-51-30(9)41(58)45(32(11)66-51)68-50(64)38-35(15-2)39(54)29(8)40(55)42(38)59)49(63)67-37(31(10)56)21-20-26(5)22-28(7)44(33)70-52-43(60)46(69-48(62)25(3)4)47(61)53(12,13)71-52/h16-18,20,22-23,25,30-33,36-37,41,43-47,51-52,56-61H,14-15,19,21,24H2,1-13H3/b17-16+,26-20+,27-23+,28-22+,34-18+. The van der Waals surface area contributed by atoms with Gasteiger partial charge in [-0.25, -0.2) is 9.59 Å². The summed E-state index contributed by atoms with van der Waals surface area (Å²) in [5.74, 6) is -4.55. The number of benzene rings is 1. The van der Waals surface area contributed by atoms with E-state index >= 15 is 0 Å². The second-order valence-corrected chi connectivity index (χ2v) is 20.6. The van der Waals surface area contributed by atoms with E-state index in [1.165, 1.54) is 13.0 Å². The van der Waals surface area contributed by atoms with Crippen LogP contribution in [0.1, 0.15) is 124 Å². The minimum atomic E-state index is -1.56. The van der Waals surface area contributed by atoms with Gasteiger partial charge in [0.25, 0.3) is 0 Å². The van der Waals surface area contributed by atoms with Crippen LogP contribution in [0, 0.1) is 24.7 Å². The Balaban J connectivity index is 1.60. The Hall–Kier alpha value is -3.65. The van der Waals surface area contributed by atoms with Crippen molar-refractivity contribution in [3.05, 3.63) is 85.5 Å². The zero-order chi connectivity index (χ0) is 53.4. The van der Waals surface area contributed by atoms with Gasteiger partial charge in [-0.2, -0.15) is 0 Å². The highest BCUT2D eigenvalue weighted by Gasteiger charge is 2.52. The molecule has 1 aromatic carbocycles. The van der Waals surface area contributed by atoms with Crippen molar-refractivity contribution >= 4 is 41.1 Å². The minimum Gasteiger partial charge on any atom is -0.505 e. The third kappa shape index (κ3) is 14.8. The fraction of sp³-hybridized carbons (Fsp3) is 0.642. The summed E-state index contributed by atoms with van der Waals surface area (Å²) in [6.07, 6.45) is -2.72. The first-order chi connectivity index (χ1) is 33.2. The van der Waals surface area contributed by atoms with Gasteiger partial charge in [-0.3, -0.25) is 4.79 Å². The zero-order valence-electron chi connectivity index (χ0n) is 43.2. The summed E-state index contributed by atoms with van der Waals surface area (Å²) in [4.78, 5) is 40.2. The summed E-state index contributed by atoms with van der Waals surface area (Å²) in [7, 11) is 0. The lowest BCUT2D eigenvalue weighted by Crippen LogP contribution is -2.64. The van der Waals surface area contributed by atoms with Crippen LogP contribution in [-0.2, 0) is 49.2 Å². The predicted molar refractivity (Wildman–Crippen MR) is 267 cm³/mol. The van der Waals surface area contributed by atoms with Gasteiger partial charge in [0.1, 0.15) is 35.7 Å². The normalized spacial score (nSPS) is 35.2. The Morgan fingerprint density at radius 1 is 0.915 bits per heavy atom. The summed E-state index contributed by atoms with van der Waals surface area (Å²) < 4.78 is 42.2. The maximum Gasteiger partial charge on any atom is 0.342 e. The second-order valence-electron chi connectivity index (χ2n) is 19.8. The van der Waals surface area contributed by atoms with Gasteiger partial charge in [0.05, 0.1) is 53.1 Å². The number of carbonyl (C=O) groups is 3. The first-order valence-corrected chi connectivity index (χ1v) is 25.1. The lowest BCUT2D eigenvalue weighted by atomic mass is 9.88. The lowest BCUT2D eigenvalue weighted by molar-refractivity contribution is -0.333. The molecule has 4 rings (SSSR count). The number of halogens is 2. The molecule has 1 aromatic rings. The number of phenols is 1. The van der Waals surface area contributed by atoms with E-state index in [1.54, 1.807) is 80.5 Å². The average Bonchev–Trinajstić information content (AvgIpc) is 3.31. The Labute approximate surface area is 428 Å². The highest BCUT2D eigenvalue weighted by molar-refractivity contribution is 6.38. The predicted octanol–water partition coefficient (Wildman–Crippen LogP) is 7.46. The number of ether oxygens (including phenoxy) is 7. The van der Waals surface area contributed by atoms with Gasteiger partial charge in [-0.1, -0.05) is 93.8 Å². The fourth-order valence-corrected chi connectivity index (χ4v) is 9.20. The van der Waals surface area contributed by atoms with Gasteiger partial charge < -0.3 is 63.8 Å². The Bertz CT molecular complexity index is 2190. The van der Waals surface area contributed by atoms with E-state index in [2.05, 4.69) is 0 Å². The molecule has 16 nitrogen and oxygen atoms in total. The van der Waals surface area contributed by atoms with E-state index in [9.17, 15) is 45.0 Å². The van der Waals surface area contributed by atoms with Crippen molar-refractivity contribution in [2.45, 2.75) is 195 Å². The third-order valence-corrected chi connectivity index (χ3v) is 14.3. The molecule has 71 heavy (non-hydrogen) atoms. The molecule has 18 heteroatoms. The summed E-state index contributed by atoms with van der Waals surface area (Å²) in [6, 6.07) is 0. The number of rotatable bonds is 12. The SMILES string of the molecule is CCc1c(Cl)c(C)c(Cl)c(O)c1C(=O)OC1C(C)OC(OC/C2=C\C=C\CC(O)/C(C)=C/C(CC)C(OC3OC(C)(C)C(O)C(OC(=O)C(C)C)C3O)/C(C)=C/C(C)=C/CC(C(C)O)OC2=O)C(C)C1O. The molecule has 0 saturated carbocycles. The summed E-state index contributed by atoms with van der Waals surface area (Å²) in [6.45, 7) is 21.6. The number of hydrogen-bond donors (Lipinski definition) is 6. The minimum absolute atomic E-state index is 0.0310. The number of esters is 3. The first-order valence-electron chi connectivity index (χ1n) is 24.4. The molecule has 14 atom stereocenters. The molecule has 6 N–H and O–H groups in total. The van der Waals surface area contributed by atoms with Gasteiger partial charge >= 0.3 is 17.9 Å². The van der Waals surface area contributed by atoms with Crippen molar-refractivity contribution in [3.63, 3.8) is 0 Å². The van der Waals surface area contributed by atoms with Gasteiger partial charge in [0, 0.05) is 23.3 Å². The van der Waals surface area contributed by atoms with Crippen LogP contribution < -0.4 is 0 Å². The van der Waals surface area contributed by atoms with Crippen molar-refractivity contribution in [2.75, 3.05) is 6.61 Å². The van der Waals surface area contributed by atoms with Crippen LogP contribution in [0.4, 0.5) is 0 Å². The van der Waals surface area contributed by atoms with Crippen LogP contribution in [0.2, 0.25) is 10.0 Å².